The van der Waals surface area contributed by atoms with Crippen molar-refractivity contribution in [1.82, 2.24) is 15.0 Å². The lowest BCUT2D eigenvalue weighted by molar-refractivity contribution is 0.301. The monoisotopic (exact) mass is 406 g/mol. The highest BCUT2D eigenvalue weighted by Gasteiger charge is 2.11. The van der Waals surface area contributed by atoms with Gasteiger partial charge in [0.1, 0.15) is 30.3 Å². The maximum absolute atomic E-state index is 6.42. The number of hydrogen-bond acceptors (Lipinski definition) is 6. The lowest BCUT2D eigenvalue weighted by Gasteiger charge is -2.13. The van der Waals surface area contributed by atoms with Crippen molar-refractivity contribution in [3.63, 3.8) is 0 Å². The van der Waals surface area contributed by atoms with Gasteiger partial charge in [0.15, 0.2) is 0 Å². The Kier molecular flexibility index (Phi) is 5.72. The molecule has 0 aliphatic heterocycles. The molecule has 0 saturated carbocycles. The van der Waals surface area contributed by atoms with E-state index in [1.54, 1.807) is 12.3 Å². The Morgan fingerprint density at radius 1 is 0.931 bits per heavy atom. The van der Waals surface area contributed by atoms with Gasteiger partial charge in [-0.2, -0.15) is 0 Å². The van der Waals surface area contributed by atoms with E-state index in [0.717, 1.165) is 28.0 Å². The van der Waals surface area contributed by atoms with Gasteiger partial charge in [-0.25, -0.2) is 9.97 Å². The van der Waals surface area contributed by atoms with Crippen LogP contribution in [-0.4, -0.2) is 21.6 Å². The third-order valence-corrected chi connectivity index (χ3v) is 4.52. The number of anilines is 2. The van der Waals surface area contributed by atoms with E-state index in [2.05, 4.69) is 20.3 Å². The third kappa shape index (κ3) is 4.38. The van der Waals surface area contributed by atoms with Crippen molar-refractivity contribution in [3.05, 3.63) is 77.8 Å². The van der Waals surface area contributed by atoms with Crippen molar-refractivity contribution in [2.24, 2.45) is 0 Å². The zero-order chi connectivity index (χ0) is 20.1. The molecule has 0 radical (unpaired) electrons. The molecule has 0 aliphatic rings. The van der Waals surface area contributed by atoms with Crippen LogP contribution in [0.5, 0.6) is 11.5 Å². The summed E-state index contributed by atoms with van der Waals surface area (Å²) in [6.45, 7) is 2.85. The fraction of sp³-hybridized carbons (Fsp3) is 0.136. The average molecular weight is 407 g/mol. The van der Waals surface area contributed by atoms with E-state index >= 15 is 0 Å². The molecule has 2 aromatic heterocycles. The van der Waals surface area contributed by atoms with Gasteiger partial charge in [0.05, 0.1) is 28.2 Å². The lowest BCUT2D eigenvalue weighted by Crippen LogP contribution is -2.00. The van der Waals surface area contributed by atoms with Gasteiger partial charge in [-0.15, -0.1) is 0 Å². The summed E-state index contributed by atoms with van der Waals surface area (Å²) in [7, 11) is 0. The van der Waals surface area contributed by atoms with E-state index < -0.39 is 0 Å². The Balaban J connectivity index is 1.56. The van der Waals surface area contributed by atoms with Crippen LogP contribution in [0.25, 0.3) is 10.9 Å². The first-order chi connectivity index (χ1) is 14.2. The summed E-state index contributed by atoms with van der Waals surface area (Å²) in [5.41, 5.74) is 2.42. The second-order valence-corrected chi connectivity index (χ2v) is 6.59. The van der Waals surface area contributed by atoms with Gasteiger partial charge in [0.25, 0.3) is 0 Å². The molecule has 29 heavy (non-hydrogen) atoms. The molecule has 0 aliphatic carbocycles. The minimum Gasteiger partial charge on any atom is -0.493 e. The lowest BCUT2D eigenvalue weighted by atomic mass is 10.2. The predicted molar refractivity (Wildman–Crippen MR) is 114 cm³/mol. The second-order valence-electron chi connectivity index (χ2n) is 6.19. The third-order valence-electron chi connectivity index (χ3n) is 4.22. The molecule has 0 bridgehead atoms. The number of benzene rings is 2. The first-order valence-corrected chi connectivity index (χ1v) is 9.58. The smallest absolute Gasteiger partial charge is 0.145 e. The van der Waals surface area contributed by atoms with Crippen molar-refractivity contribution in [1.29, 1.82) is 0 Å². The van der Waals surface area contributed by atoms with Crippen molar-refractivity contribution in [2.45, 2.75) is 13.5 Å². The molecule has 0 saturated heterocycles. The molecule has 0 fully saturated rings. The Hall–Kier alpha value is -3.38. The summed E-state index contributed by atoms with van der Waals surface area (Å²) in [6, 6.07) is 16.9. The van der Waals surface area contributed by atoms with Gasteiger partial charge in [-0.1, -0.05) is 23.7 Å². The summed E-state index contributed by atoms with van der Waals surface area (Å²) >= 11 is 6.42. The van der Waals surface area contributed by atoms with E-state index in [4.69, 9.17) is 21.1 Å². The van der Waals surface area contributed by atoms with Gasteiger partial charge >= 0.3 is 0 Å². The van der Waals surface area contributed by atoms with Crippen LogP contribution in [0.4, 0.5) is 11.5 Å². The van der Waals surface area contributed by atoms with Gasteiger partial charge in [-0.05, 0) is 49.4 Å². The van der Waals surface area contributed by atoms with E-state index in [1.807, 2.05) is 55.5 Å². The van der Waals surface area contributed by atoms with Crippen LogP contribution in [0.15, 0.2) is 67.1 Å². The molecule has 0 spiro atoms. The second kappa shape index (κ2) is 8.75. The number of rotatable bonds is 7. The SMILES string of the molecule is CCOc1cccc2ncnc(Nc3ccc(OCc4ccccn4)c(Cl)c3)c12. The van der Waals surface area contributed by atoms with Gasteiger partial charge in [0, 0.05) is 11.9 Å². The molecule has 2 heterocycles. The normalized spacial score (nSPS) is 10.7. The molecule has 4 aromatic rings. The number of hydrogen-bond donors (Lipinski definition) is 1. The zero-order valence-electron chi connectivity index (χ0n) is 15.8. The number of fused-ring (bicyclic) bond motifs is 1. The van der Waals surface area contributed by atoms with Gasteiger partial charge in [-0.3, -0.25) is 4.98 Å². The first kappa shape index (κ1) is 19.0. The first-order valence-electron chi connectivity index (χ1n) is 9.20. The summed E-state index contributed by atoms with van der Waals surface area (Å²) < 4.78 is 11.5. The zero-order valence-corrected chi connectivity index (χ0v) is 16.6. The molecular formula is C22H19ClN4O2. The van der Waals surface area contributed by atoms with E-state index in [1.165, 1.54) is 6.33 Å². The summed E-state index contributed by atoms with van der Waals surface area (Å²) in [5.74, 6) is 1.97. The fourth-order valence-electron chi connectivity index (χ4n) is 2.92. The fourth-order valence-corrected chi connectivity index (χ4v) is 3.15. The van der Waals surface area contributed by atoms with E-state index in [9.17, 15) is 0 Å². The van der Waals surface area contributed by atoms with Crippen LogP contribution in [0.1, 0.15) is 12.6 Å². The Morgan fingerprint density at radius 2 is 1.86 bits per heavy atom. The summed E-state index contributed by atoms with van der Waals surface area (Å²) in [6.07, 6.45) is 3.25. The molecule has 4 rings (SSSR count). The molecule has 2 aromatic carbocycles. The van der Waals surface area contributed by atoms with Gasteiger partial charge < -0.3 is 14.8 Å². The number of aromatic nitrogens is 3. The van der Waals surface area contributed by atoms with Crippen molar-refractivity contribution in [2.75, 3.05) is 11.9 Å². The van der Waals surface area contributed by atoms with Crippen LogP contribution in [0.3, 0.4) is 0 Å². The van der Waals surface area contributed by atoms with Gasteiger partial charge in [0.2, 0.25) is 0 Å². The largest absolute Gasteiger partial charge is 0.493 e. The number of ether oxygens (including phenoxy) is 2. The molecular weight excluding hydrogens is 388 g/mol. The van der Waals surface area contributed by atoms with Crippen molar-refractivity contribution in [3.8, 4) is 11.5 Å². The molecule has 0 unspecified atom stereocenters. The Labute approximate surface area is 173 Å². The molecule has 146 valence electrons. The minimum absolute atomic E-state index is 0.349. The topological polar surface area (TPSA) is 69.2 Å². The summed E-state index contributed by atoms with van der Waals surface area (Å²) in [5, 5.41) is 4.62. The summed E-state index contributed by atoms with van der Waals surface area (Å²) in [4.78, 5) is 13.0. The predicted octanol–water partition coefficient (Wildman–Crippen LogP) is 5.40. The van der Waals surface area contributed by atoms with E-state index in [0.29, 0.717) is 29.8 Å². The van der Waals surface area contributed by atoms with Crippen LogP contribution < -0.4 is 14.8 Å². The minimum atomic E-state index is 0.349. The molecule has 0 atom stereocenters. The highest BCUT2D eigenvalue weighted by molar-refractivity contribution is 6.32. The Bertz CT molecular complexity index is 1120. The number of pyridine rings is 1. The van der Waals surface area contributed by atoms with Crippen LogP contribution in [0.2, 0.25) is 5.02 Å². The molecule has 0 amide bonds. The van der Waals surface area contributed by atoms with E-state index in [-0.39, 0.29) is 0 Å². The van der Waals surface area contributed by atoms with Crippen LogP contribution >= 0.6 is 11.6 Å². The maximum atomic E-state index is 6.42. The number of nitrogens with one attached hydrogen (secondary N) is 1. The van der Waals surface area contributed by atoms with Crippen LogP contribution in [0, 0.1) is 0 Å². The highest BCUT2D eigenvalue weighted by Crippen LogP contribution is 2.34. The quantitative estimate of drug-likeness (QED) is 0.443. The standard InChI is InChI=1S/C22H19ClN4O2/c1-2-28-20-8-5-7-18-21(20)22(26-14-25-18)27-15-9-10-19(17(23)12-15)29-13-16-6-3-4-11-24-16/h3-12,14H,2,13H2,1H3,(H,25,26,27). The molecule has 7 heteroatoms. The molecule has 1 N–H and O–H groups in total. The number of halogens is 1. The molecule has 6 nitrogen and oxygen atoms in total. The Morgan fingerprint density at radius 3 is 2.66 bits per heavy atom. The number of nitrogens with zero attached hydrogens (tertiary/aromatic N) is 3. The average Bonchev–Trinajstić information content (AvgIpc) is 2.74. The van der Waals surface area contributed by atoms with Crippen LogP contribution in [-0.2, 0) is 6.61 Å². The van der Waals surface area contributed by atoms with Crippen molar-refractivity contribution < 1.29 is 9.47 Å². The van der Waals surface area contributed by atoms with Crippen molar-refractivity contribution >= 4 is 34.0 Å². The highest BCUT2D eigenvalue weighted by atomic mass is 35.5. The maximum Gasteiger partial charge on any atom is 0.145 e.